The Hall–Kier alpha value is -1.44. The number of amides is 1. The lowest BCUT2D eigenvalue weighted by Crippen LogP contribution is -2.47. The van der Waals surface area contributed by atoms with Crippen molar-refractivity contribution in [1.29, 1.82) is 0 Å². The van der Waals surface area contributed by atoms with E-state index in [1.807, 2.05) is 31.3 Å². The minimum absolute atomic E-state index is 0.0272. The van der Waals surface area contributed by atoms with E-state index >= 15 is 0 Å². The molecule has 0 unspecified atom stereocenters. The first-order valence-electron chi connectivity index (χ1n) is 8.34. The van der Waals surface area contributed by atoms with Crippen LogP contribution in [0.3, 0.4) is 0 Å². The largest absolute Gasteiger partial charge is 0.326 e. The molecule has 2 rings (SSSR count). The van der Waals surface area contributed by atoms with Gasteiger partial charge in [-0.1, -0.05) is 26.0 Å². The van der Waals surface area contributed by atoms with Crippen LogP contribution >= 0.6 is 0 Å². The molecule has 24 heavy (non-hydrogen) atoms. The van der Waals surface area contributed by atoms with Crippen molar-refractivity contribution < 1.29 is 13.2 Å². The minimum atomic E-state index is -3.37. The molecule has 1 N–H and O–H groups in total. The number of piperazine rings is 1. The maximum atomic E-state index is 12.3. The van der Waals surface area contributed by atoms with Crippen molar-refractivity contribution in [2.75, 3.05) is 44.3 Å². The highest BCUT2D eigenvalue weighted by atomic mass is 32.2. The van der Waals surface area contributed by atoms with E-state index in [1.54, 1.807) is 0 Å². The highest BCUT2D eigenvalue weighted by Crippen LogP contribution is 2.17. The van der Waals surface area contributed by atoms with Crippen LogP contribution in [-0.2, 0) is 14.8 Å². The van der Waals surface area contributed by atoms with Gasteiger partial charge in [0.25, 0.3) is 0 Å². The van der Waals surface area contributed by atoms with Crippen molar-refractivity contribution in [1.82, 2.24) is 9.21 Å². The lowest BCUT2D eigenvalue weighted by Gasteiger charge is -2.31. The summed E-state index contributed by atoms with van der Waals surface area (Å²) in [5.41, 5.74) is 1.90. The zero-order chi connectivity index (χ0) is 17.7. The zero-order valence-corrected chi connectivity index (χ0v) is 15.5. The van der Waals surface area contributed by atoms with Gasteiger partial charge < -0.3 is 10.2 Å². The van der Waals surface area contributed by atoms with Crippen molar-refractivity contribution in [3.8, 4) is 0 Å². The minimum Gasteiger partial charge on any atom is -0.326 e. The van der Waals surface area contributed by atoms with E-state index in [0.717, 1.165) is 13.1 Å². The first-order valence-corrected chi connectivity index (χ1v) is 9.95. The summed E-state index contributed by atoms with van der Waals surface area (Å²) < 4.78 is 26.1. The topological polar surface area (TPSA) is 69.7 Å². The van der Waals surface area contributed by atoms with Crippen LogP contribution in [0.5, 0.6) is 0 Å². The number of benzene rings is 1. The van der Waals surface area contributed by atoms with E-state index in [9.17, 15) is 13.2 Å². The maximum Gasteiger partial charge on any atom is 0.225 e. The van der Waals surface area contributed by atoms with Crippen LogP contribution in [0.25, 0.3) is 0 Å². The Morgan fingerprint density at radius 1 is 1.12 bits per heavy atom. The number of likely N-dealkylation sites (N-methyl/N-ethyl adjacent to an activating group) is 1. The third-order valence-corrected chi connectivity index (χ3v) is 6.18. The molecule has 1 amide bonds. The Bertz CT molecular complexity index is 648. The van der Waals surface area contributed by atoms with Gasteiger partial charge in [0.15, 0.2) is 0 Å². The monoisotopic (exact) mass is 353 g/mol. The average molecular weight is 353 g/mol. The van der Waals surface area contributed by atoms with Crippen molar-refractivity contribution in [3.63, 3.8) is 0 Å². The van der Waals surface area contributed by atoms with Crippen molar-refractivity contribution in [2.24, 2.45) is 0 Å². The lowest BCUT2D eigenvalue weighted by molar-refractivity contribution is -0.115. The number of anilines is 1. The predicted octanol–water partition coefficient (Wildman–Crippen LogP) is 1.72. The first-order chi connectivity index (χ1) is 11.3. The second kappa shape index (κ2) is 8.09. The fraction of sp³-hybridized carbons (Fsp3) is 0.588. The molecule has 7 heteroatoms. The van der Waals surface area contributed by atoms with Crippen molar-refractivity contribution in [2.45, 2.75) is 26.2 Å². The molecule has 1 aromatic rings. The number of nitrogens with one attached hydrogen (secondary N) is 1. The third-order valence-electron chi connectivity index (χ3n) is 4.30. The zero-order valence-electron chi connectivity index (χ0n) is 14.7. The summed E-state index contributed by atoms with van der Waals surface area (Å²) in [7, 11) is -1.39. The third kappa shape index (κ3) is 5.29. The molecule has 0 aliphatic carbocycles. The molecular formula is C17H27N3O3S. The smallest absolute Gasteiger partial charge is 0.225 e. The number of hydrogen-bond donors (Lipinski definition) is 1. The quantitative estimate of drug-likeness (QED) is 0.845. The Morgan fingerprint density at radius 2 is 1.71 bits per heavy atom. The molecule has 1 aliphatic rings. The van der Waals surface area contributed by atoms with Crippen molar-refractivity contribution >= 4 is 21.6 Å². The number of hydrogen-bond acceptors (Lipinski definition) is 4. The SMILES string of the molecule is CC(C)c1ccc(NC(=O)CCS(=O)(=O)N2CCN(C)CC2)cc1. The molecule has 0 bridgehead atoms. The summed E-state index contributed by atoms with van der Waals surface area (Å²) in [5.74, 6) is 0.0144. The standard InChI is InChI=1S/C17H27N3O3S/c1-14(2)15-4-6-16(7-5-15)18-17(21)8-13-24(22,23)20-11-9-19(3)10-12-20/h4-7,14H,8-13H2,1-3H3,(H,18,21). The molecule has 1 saturated heterocycles. The van der Waals surface area contributed by atoms with Gasteiger partial charge >= 0.3 is 0 Å². The van der Waals surface area contributed by atoms with Gasteiger partial charge in [-0.3, -0.25) is 4.79 Å². The fourth-order valence-electron chi connectivity index (χ4n) is 2.59. The molecule has 0 radical (unpaired) electrons. The Kier molecular flexibility index (Phi) is 6.37. The molecule has 1 aliphatic heterocycles. The molecular weight excluding hydrogens is 326 g/mol. The molecule has 0 aromatic heterocycles. The second-order valence-corrected chi connectivity index (χ2v) is 8.68. The number of carbonyl (C=O) groups excluding carboxylic acids is 1. The summed E-state index contributed by atoms with van der Waals surface area (Å²) in [6, 6.07) is 7.65. The second-order valence-electron chi connectivity index (χ2n) is 6.59. The van der Waals surface area contributed by atoms with Gasteiger partial charge in [0.1, 0.15) is 0 Å². The van der Waals surface area contributed by atoms with Gasteiger partial charge in [-0.25, -0.2) is 8.42 Å². The van der Waals surface area contributed by atoms with E-state index in [1.165, 1.54) is 9.87 Å². The Labute approximate surface area is 144 Å². The van der Waals surface area contributed by atoms with Gasteiger partial charge in [0, 0.05) is 38.3 Å². The van der Waals surface area contributed by atoms with E-state index < -0.39 is 10.0 Å². The molecule has 0 atom stereocenters. The van der Waals surface area contributed by atoms with Crippen LogP contribution in [0.4, 0.5) is 5.69 Å². The van der Waals surface area contributed by atoms with E-state index in [-0.39, 0.29) is 18.1 Å². The highest BCUT2D eigenvalue weighted by Gasteiger charge is 2.26. The lowest BCUT2D eigenvalue weighted by atomic mass is 10.0. The highest BCUT2D eigenvalue weighted by molar-refractivity contribution is 7.89. The summed E-state index contributed by atoms with van der Waals surface area (Å²) >= 11 is 0. The van der Waals surface area contributed by atoms with Gasteiger partial charge in [-0.15, -0.1) is 0 Å². The number of sulfonamides is 1. The first kappa shape index (κ1) is 18.9. The van der Waals surface area contributed by atoms with E-state index in [0.29, 0.717) is 24.7 Å². The summed E-state index contributed by atoms with van der Waals surface area (Å²) in [4.78, 5) is 14.1. The molecule has 0 spiro atoms. The Morgan fingerprint density at radius 3 is 2.25 bits per heavy atom. The van der Waals surface area contributed by atoms with Crippen LogP contribution in [0.1, 0.15) is 31.7 Å². The molecule has 1 heterocycles. The summed E-state index contributed by atoms with van der Waals surface area (Å²) in [6.45, 7) is 6.67. The van der Waals surface area contributed by atoms with Gasteiger partial charge in [-0.2, -0.15) is 4.31 Å². The summed E-state index contributed by atoms with van der Waals surface area (Å²) in [5, 5.41) is 2.76. The van der Waals surface area contributed by atoms with Gasteiger partial charge in [0.05, 0.1) is 5.75 Å². The van der Waals surface area contributed by atoms with Crippen LogP contribution in [-0.4, -0.2) is 62.5 Å². The molecule has 0 saturated carbocycles. The van der Waals surface area contributed by atoms with Crippen LogP contribution in [0.15, 0.2) is 24.3 Å². The van der Waals surface area contributed by atoms with E-state index in [4.69, 9.17) is 0 Å². The maximum absolute atomic E-state index is 12.3. The van der Waals surface area contributed by atoms with Crippen LogP contribution in [0, 0.1) is 0 Å². The van der Waals surface area contributed by atoms with Crippen molar-refractivity contribution in [3.05, 3.63) is 29.8 Å². The average Bonchev–Trinajstić information content (AvgIpc) is 2.54. The summed E-state index contributed by atoms with van der Waals surface area (Å²) in [6.07, 6.45) is -0.0272. The van der Waals surface area contributed by atoms with Crippen LogP contribution in [0.2, 0.25) is 0 Å². The van der Waals surface area contributed by atoms with Gasteiger partial charge in [0.2, 0.25) is 15.9 Å². The number of carbonyl (C=O) groups is 1. The normalized spacial score (nSPS) is 17.2. The number of nitrogens with zero attached hydrogens (tertiary/aromatic N) is 2. The fourth-order valence-corrected chi connectivity index (χ4v) is 4.01. The Balaban J connectivity index is 1.84. The number of rotatable bonds is 6. The molecule has 1 fully saturated rings. The molecule has 134 valence electrons. The predicted molar refractivity (Wildman–Crippen MR) is 96.6 cm³/mol. The molecule has 6 nitrogen and oxygen atoms in total. The van der Waals surface area contributed by atoms with Gasteiger partial charge in [-0.05, 0) is 30.7 Å². The molecule has 1 aromatic carbocycles. The van der Waals surface area contributed by atoms with Crippen LogP contribution < -0.4 is 5.32 Å². The van der Waals surface area contributed by atoms with E-state index in [2.05, 4.69) is 24.1 Å².